The third-order valence-corrected chi connectivity index (χ3v) is 5.01. The van der Waals surface area contributed by atoms with Gasteiger partial charge in [0.2, 0.25) is 5.78 Å². The highest BCUT2D eigenvalue weighted by atomic mass is 32.1. The van der Waals surface area contributed by atoms with Crippen LogP contribution in [0.4, 0.5) is 0 Å². The second-order valence-electron chi connectivity index (χ2n) is 5.27. The Balaban J connectivity index is 2.02. The van der Waals surface area contributed by atoms with Gasteiger partial charge in [0.05, 0.1) is 17.5 Å². The molecule has 0 amide bonds. The van der Waals surface area contributed by atoms with E-state index in [1.54, 1.807) is 10.8 Å². The summed E-state index contributed by atoms with van der Waals surface area (Å²) >= 11 is 1.36. The van der Waals surface area contributed by atoms with Crippen LogP contribution in [-0.4, -0.2) is 25.1 Å². The number of rotatable bonds is 6. The van der Waals surface area contributed by atoms with E-state index >= 15 is 0 Å². The molecule has 0 saturated carbocycles. The summed E-state index contributed by atoms with van der Waals surface area (Å²) in [4.78, 5) is 35.8. The number of nitrogens with zero attached hydrogens (tertiary/aromatic N) is 2. The molecule has 0 bridgehead atoms. The zero-order valence-corrected chi connectivity index (χ0v) is 14.3. The van der Waals surface area contributed by atoms with E-state index < -0.39 is 8.38 Å². The highest BCUT2D eigenvalue weighted by Crippen LogP contribution is 2.31. The molecule has 2 heterocycles. The average molecular weight is 348 g/mol. The maximum Gasteiger partial charge on any atom is 0.223 e. The molecule has 0 radical (unpaired) electrons. The van der Waals surface area contributed by atoms with Crippen molar-refractivity contribution in [3.05, 3.63) is 52.1 Å². The number of hydrogen-bond acceptors (Lipinski definition) is 5. The summed E-state index contributed by atoms with van der Waals surface area (Å²) in [5.74, 6) is -0.118. The third-order valence-electron chi connectivity index (χ3n) is 3.56. The number of thiazole rings is 1. The maximum atomic E-state index is 12.8. The van der Waals surface area contributed by atoms with Crippen LogP contribution in [-0.2, 0) is 12.7 Å². The van der Waals surface area contributed by atoms with E-state index in [1.807, 2.05) is 29.6 Å². The molecular formula is C16H17N2O3PS. The van der Waals surface area contributed by atoms with Crippen molar-refractivity contribution < 1.29 is 14.6 Å². The van der Waals surface area contributed by atoms with Gasteiger partial charge in [-0.3, -0.25) is 4.79 Å². The van der Waals surface area contributed by atoms with Gasteiger partial charge in [-0.15, -0.1) is 11.3 Å². The molecule has 0 fully saturated rings. The minimum Gasteiger partial charge on any atom is -0.349 e. The Morgan fingerprint density at radius 1 is 1.35 bits per heavy atom. The van der Waals surface area contributed by atoms with Crippen LogP contribution in [0.1, 0.15) is 34.4 Å². The first-order valence-corrected chi connectivity index (χ1v) is 9.63. The average Bonchev–Trinajstić information content (AvgIpc) is 3.12. The summed E-state index contributed by atoms with van der Waals surface area (Å²) < 4.78 is 1.72. The van der Waals surface area contributed by atoms with Gasteiger partial charge in [0.25, 0.3) is 0 Å². The Kier molecular flexibility index (Phi) is 4.87. The topological polar surface area (TPSA) is 75.4 Å². The molecule has 2 aromatic heterocycles. The van der Waals surface area contributed by atoms with Gasteiger partial charge in [-0.05, 0) is 12.5 Å². The SMILES string of the molecule is CCCc1csc(C(=O)c2cn(CP(O)O)c3ccccc23)n1. The lowest BCUT2D eigenvalue weighted by Gasteiger charge is -2.05. The zero-order chi connectivity index (χ0) is 16.4. The van der Waals surface area contributed by atoms with Gasteiger partial charge in [-0.1, -0.05) is 31.5 Å². The largest absolute Gasteiger partial charge is 0.349 e. The second kappa shape index (κ2) is 6.89. The fourth-order valence-corrected chi connectivity index (χ4v) is 3.89. The summed E-state index contributed by atoms with van der Waals surface area (Å²) in [5.41, 5.74) is 2.31. The first-order valence-electron chi connectivity index (χ1n) is 7.32. The van der Waals surface area contributed by atoms with Crippen LogP contribution in [0.2, 0.25) is 0 Å². The molecule has 0 atom stereocenters. The zero-order valence-electron chi connectivity index (χ0n) is 12.6. The van der Waals surface area contributed by atoms with E-state index in [0.717, 1.165) is 29.4 Å². The van der Waals surface area contributed by atoms with Crippen molar-refractivity contribution in [3.8, 4) is 0 Å². The first-order chi connectivity index (χ1) is 11.1. The standard InChI is InChI=1S/C16H17N2O3PS/c1-2-5-11-9-23-16(17-11)15(19)13-8-18(10-22(20)21)14-7-4-3-6-12(13)14/h3-4,6-9,20-21H,2,5,10H2,1H3. The smallest absolute Gasteiger partial charge is 0.223 e. The van der Waals surface area contributed by atoms with Gasteiger partial charge in [-0.25, -0.2) is 4.98 Å². The van der Waals surface area contributed by atoms with Crippen molar-refractivity contribution in [3.63, 3.8) is 0 Å². The number of hydrogen-bond donors (Lipinski definition) is 2. The normalized spacial score (nSPS) is 11.5. The lowest BCUT2D eigenvalue weighted by Crippen LogP contribution is -2.01. The van der Waals surface area contributed by atoms with Crippen LogP contribution in [0.5, 0.6) is 0 Å². The van der Waals surface area contributed by atoms with Crippen LogP contribution < -0.4 is 0 Å². The molecular weight excluding hydrogens is 331 g/mol. The number of carbonyl (C=O) groups is 1. The monoisotopic (exact) mass is 348 g/mol. The van der Waals surface area contributed by atoms with E-state index in [0.29, 0.717) is 10.6 Å². The maximum absolute atomic E-state index is 12.8. The Morgan fingerprint density at radius 2 is 2.13 bits per heavy atom. The summed E-state index contributed by atoms with van der Waals surface area (Å²) in [6, 6.07) is 7.48. The molecule has 5 nitrogen and oxygen atoms in total. The van der Waals surface area contributed by atoms with Gasteiger partial charge in [-0.2, -0.15) is 0 Å². The van der Waals surface area contributed by atoms with Gasteiger partial charge in [0.15, 0.2) is 13.4 Å². The summed E-state index contributed by atoms with van der Waals surface area (Å²) in [6.07, 6.45) is 3.63. The van der Waals surface area contributed by atoms with Gasteiger partial charge in [0, 0.05) is 22.5 Å². The Labute approximate surface area is 139 Å². The highest BCUT2D eigenvalue weighted by Gasteiger charge is 2.20. The molecule has 2 N–H and O–H groups in total. The Bertz CT molecular complexity index is 841. The molecule has 0 spiro atoms. The minimum atomic E-state index is -2.07. The lowest BCUT2D eigenvalue weighted by molar-refractivity contribution is 0.103. The summed E-state index contributed by atoms with van der Waals surface area (Å²) in [6.45, 7) is 2.08. The number of aryl methyl sites for hydroxylation is 1. The third kappa shape index (κ3) is 3.35. The van der Waals surface area contributed by atoms with E-state index in [-0.39, 0.29) is 12.1 Å². The van der Waals surface area contributed by atoms with Crippen LogP contribution in [0.3, 0.4) is 0 Å². The van der Waals surface area contributed by atoms with E-state index in [1.165, 1.54) is 11.3 Å². The summed E-state index contributed by atoms with van der Waals surface area (Å²) in [5, 5.41) is 3.21. The van der Waals surface area contributed by atoms with Crippen molar-refractivity contribution in [2.45, 2.75) is 26.1 Å². The number of benzene rings is 1. The van der Waals surface area contributed by atoms with Crippen molar-refractivity contribution >= 4 is 36.4 Å². The number of aromatic nitrogens is 2. The first kappa shape index (κ1) is 16.3. The van der Waals surface area contributed by atoms with E-state index in [9.17, 15) is 14.6 Å². The number of ketones is 1. The fraction of sp³-hybridized carbons (Fsp3) is 0.250. The van der Waals surface area contributed by atoms with Crippen LogP contribution in [0.25, 0.3) is 10.9 Å². The van der Waals surface area contributed by atoms with Gasteiger partial charge >= 0.3 is 0 Å². The van der Waals surface area contributed by atoms with Crippen molar-refractivity contribution in [2.24, 2.45) is 0 Å². The van der Waals surface area contributed by atoms with Crippen molar-refractivity contribution in [1.29, 1.82) is 0 Å². The van der Waals surface area contributed by atoms with Crippen molar-refractivity contribution in [2.75, 3.05) is 0 Å². The lowest BCUT2D eigenvalue weighted by atomic mass is 10.1. The molecule has 0 aliphatic rings. The molecule has 7 heteroatoms. The molecule has 120 valence electrons. The van der Waals surface area contributed by atoms with E-state index in [2.05, 4.69) is 11.9 Å². The van der Waals surface area contributed by atoms with Crippen molar-refractivity contribution in [1.82, 2.24) is 9.55 Å². The number of carbonyl (C=O) groups excluding carboxylic acids is 1. The summed E-state index contributed by atoms with van der Waals surface area (Å²) in [7, 11) is -2.07. The molecule has 0 aliphatic heterocycles. The molecule has 3 aromatic rings. The van der Waals surface area contributed by atoms with Gasteiger partial charge in [0.1, 0.15) is 0 Å². The van der Waals surface area contributed by atoms with Gasteiger partial charge < -0.3 is 14.4 Å². The van der Waals surface area contributed by atoms with E-state index in [4.69, 9.17) is 0 Å². The second-order valence-corrected chi connectivity index (χ2v) is 7.15. The van der Waals surface area contributed by atoms with Crippen LogP contribution in [0.15, 0.2) is 35.8 Å². The molecule has 3 rings (SSSR count). The number of fused-ring (bicyclic) bond motifs is 1. The predicted molar refractivity (Wildman–Crippen MR) is 92.8 cm³/mol. The highest BCUT2D eigenvalue weighted by molar-refractivity contribution is 7.43. The Hall–Kier alpha value is -1.59. The fourth-order valence-electron chi connectivity index (χ4n) is 2.58. The van der Waals surface area contributed by atoms with Crippen LogP contribution in [0, 0.1) is 0 Å². The number of para-hydroxylation sites is 1. The quantitative estimate of drug-likeness (QED) is 0.528. The minimum absolute atomic E-state index is 0.0854. The van der Waals surface area contributed by atoms with Crippen LogP contribution >= 0.6 is 19.7 Å². The molecule has 0 aliphatic carbocycles. The molecule has 23 heavy (non-hydrogen) atoms. The predicted octanol–water partition coefficient (Wildman–Crippen LogP) is 3.54. The Morgan fingerprint density at radius 3 is 2.87 bits per heavy atom. The molecule has 1 aromatic carbocycles. The molecule has 0 saturated heterocycles. The molecule has 0 unspecified atom stereocenters.